The molecule has 0 saturated heterocycles. The molecule has 0 saturated carbocycles. The van der Waals surface area contributed by atoms with Crippen molar-refractivity contribution >= 4 is 40.2 Å². The molecule has 0 aliphatic rings. The first-order valence-electron chi connectivity index (χ1n) is 7.04. The number of para-hydroxylation sites is 1. The number of fused-ring (bicyclic) bond motifs is 1. The first kappa shape index (κ1) is 15.1. The van der Waals surface area contributed by atoms with E-state index < -0.39 is 5.91 Å². The van der Waals surface area contributed by atoms with Crippen LogP contribution in [0.5, 0.6) is 0 Å². The number of anilines is 1. The van der Waals surface area contributed by atoms with E-state index in [1.165, 1.54) is 0 Å². The van der Waals surface area contributed by atoms with Crippen molar-refractivity contribution < 1.29 is 9.21 Å². The average Bonchev–Trinajstić information content (AvgIpc) is 3.14. The molecule has 2 aromatic heterocycles. The van der Waals surface area contributed by atoms with Gasteiger partial charge in [-0.15, -0.1) is 0 Å². The summed E-state index contributed by atoms with van der Waals surface area (Å²) >= 11 is 5.11. The van der Waals surface area contributed by atoms with Gasteiger partial charge in [-0.1, -0.05) is 30.2 Å². The van der Waals surface area contributed by atoms with Gasteiger partial charge >= 0.3 is 0 Å². The van der Waals surface area contributed by atoms with Gasteiger partial charge in [0, 0.05) is 11.9 Å². The third kappa shape index (κ3) is 3.34. The quantitative estimate of drug-likeness (QED) is 0.706. The van der Waals surface area contributed by atoms with Gasteiger partial charge < -0.3 is 4.42 Å². The summed E-state index contributed by atoms with van der Waals surface area (Å²) in [5.41, 5.74) is 0.642. The van der Waals surface area contributed by atoms with E-state index >= 15 is 0 Å². The van der Waals surface area contributed by atoms with Gasteiger partial charge in [-0.05, 0) is 41.2 Å². The molecule has 3 aromatic rings. The summed E-state index contributed by atoms with van der Waals surface area (Å²) in [4.78, 5) is 12.2. The van der Waals surface area contributed by atoms with E-state index in [1.54, 1.807) is 16.8 Å². The fourth-order valence-corrected chi connectivity index (χ4v) is 2.23. The van der Waals surface area contributed by atoms with Crippen molar-refractivity contribution in [3.63, 3.8) is 0 Å². The number of hydrogen-bond donors (Lipinski definition) is 2. The van der Waals surface area contributed by atoms with E-state index in [2.05, 4.69) is 26.2 Å². The average molecular weight is 330 g/mol. The minimum Gasteiger partial charge on any atom is -0.451 e. The van der Waals surface area contributed by atoms with Crippen molar-refractivity contribution in [2.45, 2.75) is 19.9 Å². The number of benzene rings is 1. The molecule has 9 heteroatoms. The highest BCUT2D eigenvalue weighted by Gasteiger charge is 2.15. The number of aromatic nitrogens is 4. The van der Waals surface area contributed by atoms with Gasteiger partial charge in [-0.2, -0.15) is 0 Å². The Hall–Kier alpha value is -2.81. The molecule has 0 radical (unpaired) electrons. The van der Waals surface area contributed by atoms with Crippen LogP contribution < -0.4 is 10.6 Å². The third-order valence-corrected chi connectivity index (χ3v) is 3.27. The molecule has 0 unspecified atom stereocenters. The number of rotatable bonds is 4. The summed E-state index contributed by atoms with van der Waals surface area (Å²) in [6.07, 6.45) is 0.873. The standard InChI is InChI=1S/C14H14N6O2S/c1-2-7-20-13(17-18-19-20)16-14(23)15-12(21)11-8-9-5-3-4-6-10(9)22-11/h3-6,8H,2,7H2,1H3,(H2,15,16,17,19,21,23). The molecule has 8 nitrogen and oxygen atoms in total. The number of amides is 1. The number of nitrogens with one attached hydrogen (secondary N) is 2. The molecule has 2 heterocycles. The maximum atomic E-state index is 12.2. The van der Waals surface area contributed by atoms with E-state index in [-0.39, 0.29) is 10.9 Å². The highest BCUT2D eigenvalue weighted by Crippen LogP contribution is 2.18. The Morgan fingerprint density at radius 3 is 3.00 bits per heavy atom. The van der Waals surface area contributed by atoms with Crippen LogP contribution >= 0.6 is 12.2 Å². The summed E-state index contributed by atoms with van der Waals surface area (Å²) in [6.45, 7) is 2.66. The third-order valence-electron chi connectivity index (χ3n) is 3.07. The molecule has 0 aliphatic carbocycles. The molecule has 0 spiro atoms. The van der Waals surface area contributed by atoms with E-state index in [9.17, 15) is 4.79 Å². The van der Waals surface area contributed by atoms with Gasteiger partial charge in [-0.25, -0.2) is 4.68 Å². The molecule has 0 bridgehead atoms. The predicted octanol–water partition coefficient (Wildman–Crippen LogP) is 1.96. The maximum Gasteiger partial charge on any atom is 0.293 e. The van der Waals surface area contributed by atoms with Crippen LogP contribution in [0.4, 0.5) is 5.95 Å². The Labute approximate surface area is 136 Å². The monoisotopic (exact) mass is 330 g/mol. The molecule has 1 amide bonds. The van der Waals surface area contributed by atoms with Gasteiger partial charge in [0.05, 0.1) is 0 Å². The van der Waals surface area contributed by atoms with Crippen LogP contribution in [0.25, 0.3) is 11.0 Å². The van der Waals surface area contributed by atoms with Crippen molar-refractivity contribution in [2.75, 3.05) is 5.32 Å². The van der Waals surface area contributed by atoms with E-state index in [1.807, 2.05) is 25.1 Å². The van der Waals surface area contributed by atoms with Crippen molar-refractivity contribution in [2.24, 2.45) is 0 Å². The second kappa shape index (κ2) is 6.53. The molecular formula is C14H14N6O2S. The van der Waals surface area contributed by atoms with Crippen LogP contribution in [-0.4, -0.2) is 31.2 Å². The number of nitrogens with zero attached hydrogens (tertiary/aromatic N) is 4. The minimum atomic E-state index is -0.437. The molecule has 2 N–H and O–H groups in total. The highest BCUT2D eigenvalue weighted by atomic mass is 32.1. The lowest BCUT2D eigenvalue weighted by Gasteiger charge is -2.07. The largest absolute Gasteiger partial charge is 0.451 e. The minimum absolute atomic E-state index is 0.0996. The van der Waals surface area contributed by atoms with Crippen LogP contribution in [0, 0.1) is 0 Å². The van der Waals surface area contributed by atoms with Crippen molar-refractivity contribution in [1.29, 1.82) is 0 Å². The number of aryl methyl sites for hydroxylation is 1. The fraction of sp³-hybridized carbons (Fsp3) is 0.214. The molecule has 0 fully saturated rings. The molecule has 1 aromatic carbocycles. The van der Waals surface area contributed by atoms with Crippen LogP contribution in [0.3, 0.4) is 0 Å². The Bertz CT molecular complexity index is 823. The van der Waals surface area contributed by atoms with Crippen LogP contribution in [0.15, 0.2) is 34.7 Å². The Balaban J connectivity index is 1.67. The zero-order valence-corrected chi connectivity index (χ0v) is 13.1. The number of furan rings is 1. The SMILES string of the molecule is CCCn1nnnc1NC(=S)NC(=O)c1cc2ccccc2o1. The zero-order valence-electron chi connectivity index (χ0n) is 12.3. The molecule has 3 rings (SSSR count). The lowest BCUT2D eigenvalue weighted by Crippen LogP contribution is -2.34. The fourth-order valence-electron chi connectivity index (χ4n) is 2.05. The van der Waals surface area contributed by atoms with E-state index in [0.29, 0.717) is 18.1 Å². The van der Waals surface area contributed by atoms with Gasteiger partial charge in [-0.3, -0.25) is 15.4 Å². The van der Waals surface area contributed by atoms with Gasteiger partial charge in [0.1, 0.15) is 5.58 Å². The molecular weight excluding hydrogens is 316 g/mol. The van der Waals surface area contributed by atoms with Gasteiger partial charge in [0.2, 0.25) is 5.95 Å². The van der Waals surface area contributed by atoms with Gasteiger partial charge in [0.15, 0.2) is 10.9 Å². The number of carbonyl (C=O) groups excluding carboxylic acids is 1. The molecule has 0 atom stereocenters. The van der Waals surface area contributed by atoms with Crippen molar-refractivity contribution in [3.8, 4) is 0 Å². The van der Waals surface area contributed by atoms with Crippen LogP contribution in [-0.2, 0) is 6.54 Å². The summed E-state index contributed by atoms with van der Waals surface area (Å²) in [6, 6.07) is 9.04. The summed E-state index contributed by atoms with van der Waals surface area (Å²) in [7, 11) is 0. The summed E-state index contributed by atoms with van der Waals surface area (Å²) < 4.78 is 7.05. The summed E-state index contributed by atoms with van der Waals surface area (Å²) in [5.74, 6) is 0.124. The van der Waals surface area contributed by atoms with E-state index in [4.69, 9.17) is 16.6 Å². The number of carbonyl (C=O) groups is 1. The maximum absolute atomic E-state index is 12.2. The Kier molecular flexibility index (Phi) is 4.29. The molecule has 23 heavy (non-hydrogen) atoms. The topological polar surface area (TPSA) is 97.9 Å². The first-order chi connectivity index (χ1) is 11.2. The van der Waals surface area contributed by atoms with Crippen LogP contribution in [0.2, 0.25) is 0 Å². The normalized spacial score (nSPS) is 10.7. The van der Waals surface area contributed by atoms with Crippen molar-refractivity contribution in [1.82, 2.24) is 25.5 Å². The highest BCUT2D eigenvalue weighted by molar-refractivity contribution is 7.80. The smallest absolute Gasteiger partial charge is 0.293 e. The second-order valence-corrected chi connectivity index (χ2v) is 5.19. The lowest BCUT2D eigenvalue weighted by atomic mass is 10.2. The molecule has 118 valence electrons. The second-order valence-electron chi connectivity index (χ2n) is 4.78. The van der Waals surface area contributed by atoms with Crippen molar-refractivity contribution in [3.05, 3.63) is 36.1 Å². The zero-order chi connectivity index (χ0) is 16.2. The molecule has 0 aliphatic heterocycles. The number of hydrogen-bond acceptors (Lipinski definition) is 6. The number of tetrazole rings is 1. The number of thiocarbonyl (C=S) groups is 1. The van der Waals surface area contributed by atoms with Crippen LogP contribution in [0.1, 0.15) is 23.9 Å². The first-order valence-corrected chi connectivity index (χ1v) is 7.45. The predicted molar refractivity (Wildman–Crippen MR) is 88.0 cm³/mol. The Morgan fingerprint density at radius 2 is 2.22 bits per heavy atom. The van der Waals surface area contributed by atoms with Gasteiger partial charge in [0.25, 0.3) is 5.91 Å². The summed E-state index contributed by atoms with van der Waals surface area (Å²) in [5, 5.41) is 17.5. The van der Waals surface area contributed by atoms with E-state index in [0.717, 1.165) is 11.8 Å². The Morgan fingerprint density at radius 1 is 1.39 bits per heavy atom. The lowest BCUT2D eigenvalue weighted by molar-refractivity contribution is 0.0953.